The van der Waals surface area contributed by atoms with Gasteiger partial charge in [-0.2, -0.15) is 0 Å². The van der Waals surface area contributed by atoms with Gasteiger partial charge in [0.05, 0.1) is 6.61 Å². The van der Waals surface area contributed by atoms with Crippen LogP contribution in [0.5, 0.6) is 0 Å². The Bertz CT molecular complexity index is 438. The number of carbonyl (C=O) groups excluding carboxylic acids is 1. The van der Waals surface area contributed by atoms with E-state index in [1.807, 2.05) is 44.2 Å². The second-order valence-electron chi connectivity index (χ2n) is 6.27. The second-order valence-corrected chi connectivity index (χ2v) is 6.27. The summed E-state index contributed by atoms with van der Waals surface area (Å²) in [5, 5.41) is 0. The lowest BCUT2D eigenvalue weighted by Gasteiger charge is -2.31. The van der Waals surface area contributed by atoms with Gasteiger partial charge >= 0.3 is 0 Å². The molecule has 1 aliphatic rings. The molecule has 0 aliphatic heterocycles. The number of carbonyl (C=O) groups is 1. The molecule has 20 heavy (non-hydrogen) atoms. The van der Waals surface area contributed by atoms with Gasteiger partial charge in [-0.05, 0) is 12.8 Å². The largest absolute Gasteiger partial charge is 0.383 e. The lowest BCUT2D eigenvalue weighted by atomic mass is 9.83. The van der Waals surface area contributed by atoms with Gasteiger partial charge in [0.2, 0.25) is 0 Å². The number of hydrogen-bond donors (Lipinski definition) is 0. The van der Waals surface area contributed by atoms with E-state index in [0.717, 1.165) is 25.3 Å². The lowest BCUT2D eigenvalue weighted by Crippen LogP contribution is -2.41. The molecule has 1 aliphatic carbocycles. The molecule has 110 valence electrons. The van der Waals surface area contributed by atoms with E-state index in [2.05, 4.69) is 4.90 Å². The molecule has 3 heteroatoms. The molecule has 1 aromatic carbocycles. The quantitative estimate of drug-likeness (QED) is 0.683. The highest BCUT2D eigenvalue weighted by Gasteiger charge is 2.36. The first-order valence-electron chi connectivity index (χ1n) is 7.37. The van der Waals surface area contributed by atoms with E-state index in [1.54, 1.807) is 7.11 Å². The molecular weight excluding hydrogens is 250 g/mol. The number of rotatable bonds is 8. The smallest absolute Gasteiger partial charge is 0.169 e. The van der Waals surface area contributed by atoms with Crippen LogP contribution in [0.2, 0.25) is 0 Å². The predicted octanol–water partition coefficient (Wildman–Crippen LogP) is 3.01. The number of nitrogens with zero attached hydrogens (tertiary/aromatic N) is 1. The molecular formula is C17H25NO2. The molecule has 0 unspecified atom stereocenters. The van der Waals surface area contributed by atoms with Crippen molar-refractivity contribution < 1.29 is 9.53 Å². The Balaban J connectivity index is 2.03. The molecule has 0 atom stereocenters. The normalized spacial score (nSPS) is 15.6. The third kappa shape index (κ3) is 3.90. The van der Waals surface area contributed by atoms with Gasteiger partial charge in [0, 0.05) is 37.2 Å². The highest BCUT2D eigenvalue weighted by Crippen LogP contribution is 2.31. The summed E-state index contributed by atoms with van der Waals surface area (Å²) in [6, 6.07) is 10.2. The topological polar surface area (TPSA) is 29.5 Å². The fourth-order valence-electron chi connectivity index (χ4n) is 2.60. The highest BCUT2D eigenvalue weighted by molar-refractivity contribution is 6.00. The van der Waals surface area contributed by atoms with E-state index in [4.69, 9.17) is 4.74 Å². The average Bonchev–Trinajstić information content (AvgIpc) is 3.28. The van der Waals surface area contributed by atoms with Crippen LogP contribution in [0.15, 0.2) is 30.3 Å². The molecule has 0 bridgehead atoms. The zero-order chi connectivity index (χ0) is 14.6. The Labute approximate surface area is 121 Å². The maximum atomic E-state index is 12.7. The zero-order valence-corrected chi connectivity index (χ0v) is 12.8. The monoisotopic (exact) mass is 275 g/mol. The van der Waals surface area contributed by atoms with Crippen LogP contribution in [-0.4, -0.2) is 43.5 Å². The van der Waals surface area contributed by atoms with Crippen molar-refractivity contribution in [3.05, 3.63) is 35.9 Å². The van der Waals surface area contributed by atoms with Crippen LogP contribution in [-0.2, 0) is 4.74 Å². The maximum Gasteiger partial charge on any atom is 0.169 e. The number of methoxy groups -OCH3 is 1. The minimum absolute atomic E-state index is 0.223. The molecule has 0 amide bonds. The van der Waals surface area contributed by atoms with E-state index in [1.165, 1.54) is 12.8 Å². The van der Waals surface area contributed by atoms with Gasteiger partial charge in [-0.1, -0.05) is 44.2 Å². The summed E-state index contributed by atoms with van der Waals surface area (Å²) in [6.07, 6.45) is 2.50. The van der Waals surface area contributed by atoms with Gasteiger partial charge in [0.1, 0.15) is 0 Å². The third-order valence-electron chi connectivity index (χ3n) is 3.89. The van der Waals surface area contributed by atoms with Crippen molar-refractivity contribution in [3.63, 3.8) is 0 Å². The van der Waals surface area contributed by atoms with Gasteiger partial charge in [-0.3, -0.25) is 9.69 Å². The fourth-order valence-corrected chi connectivity index (χ4v) is 2.60. The minimum Gasteiger partial charge on any atom is -0.383 e. The van der Waals surface area contributed by atoms with E-state index in [-0.39, 0.29) is 11.2 Å². The molecule has 0 saturated heterocycles. The Morgan fingerprint density at radius 2 is 1.95 bits per heavy atom. The van der Waals surface area contributed by atoms with Gasteiger partial charge in [-0.25, -0.2) is 0 Å². The summed E-state index contributed by atoms with van der Waals surface area (Å²) < 4.78 is 5.18. The number of benzene rings is 1. The summed E-state index contributed by atoms with van der Waals surface area (Å²) in [4.78, 5) is 15.1. The predicted molar refractivity (Wildman–Crippen MR) is 81.0 cm³/mol. The van der Waals surface area contributed by atoms with Crippen LogP contribution in [0.25, 0.3) is 0 Å². The standard InChI is InChI=1S/C17H25NO2/c1-17(2,16(19)14-7-5-4-6-8-14)13-18(11-12-20-3)15-9-10-15/h4-8,15H,9-13H2,1-3H3. The molecule has 1 aromatic rings. The first kappa shape index (κ1) is 15.2. The van der Waals surface area contributed by atoms with Crippen LogP contribution in [0.1, 0.15) is 37.0 Å². The molecule has 0 spiro atoms. The van der Waals surface area contributed by atoms with Crippen LogP contribution in [0.4, 0.5) is 0 Å². The van der Waals surface area contributed by atoms with Crippen LogP contribution in [0, 0.1) is 5.41 Å². The first-order valence-corrected chi connectivity index (χ1v) is 7.37. The first-order chi connectivity index (χ1) is 9.54. The molecule has 3 nitrogen and oxygen atoms in total. The van der Waals surface area contributed by atoms with Crippen molar-refractivity contribution in [1.29, 1.82) is 0 Å². The van der Waals surface area contributed by atoms with Crippen molar-refractivity contribution in [2.75, 3.05) is 26.8 Å². The van der Waals surface area contributed by atoms with E-state index < -0.39 is 0 Å². The number of ether oxygens (including phenoxy) is 1. The molecule has 2 rings (SSSR count). The SMILES string of the molecule is COCCN(CC(C)(C)C(=O)c1ccccc1)C1CC1. The van der Waals surface area contributed by atoms with E-state index >= 15 is 0 Å². The summed E-state index contributed by atoms with van der Waals surface area (Å²) >= 11 is 0. The zero-order valence-electron chi connectivity index (χ0n) is 12.8. The van der Waals surface area contributed by atoms with Crippen molar-refractivity contribution in [2.45, 2.75) is 32.7 Å². The maximum absolute atomic E-state index is 12.7. The molecule has 0 heterocycles. The van der Waals surface area contributed by atoms with E-state index in [0.29, 0.717) is 6.04 Å². The number of hydrogen-bond acceptors (Lipinski definition) is 3. The molecule has 1 saturated carbocycles. The second kappa shape index (κ2) is 6.51. The summed E-state index contributed by atoms with van der Waals surface area (Å²) in [7, 11) is 1.73. The average molecular weight is 275 g/mol. The van der Waals surface area contributed by atoms with Crippen LogP contribution in [0.3, 0.4) is 0 Å². The van der Waals surface area contributed by atoms with Gasteiger partial charge in [0.15, 0.2) is 5.78 Å². The summed E-state index contributed by atoms with van der Waals surface area (Å²) in [5.41, 5.74) is 0.442. The molecule has 0 radical (unpaired) electrons. The molecule has 1 fully saturated rings. The fraction of sp³-hybridized carbons (Fsp3) is 0.588. The van der Waals surface area contributed by atoms with Crippen LogP contribution < -0.4 is 0 Å². The van der Waals surface area contributed by atoms with Gasteiger partial charge < -0.3 is 4.74 Å². The highest BCUT2D eigenvalue weighted by atomic mass is 16.5. The van der Waals surface area contributed by atoms with Crippen molar-refractivity contribution in [3.8, 4) is 0 Å². The Morgan fingerprint density at radius 3 is 2.50 bits per heavy atom. The van der Waals surface area contributed by atoms with Gasteiger partial charge in [0.25, 0.3) is 0 Å². The van der Waals surface area contributed by atoms with Crippen molar-refractivity contribution >= 4 is 5.78 Å². The summed E-state index contributed by atoms with van der Waals surface area (Å²) in [6.45, 7) is 6.53. The van der Waals surface area contributed by atoms with Crippen molar-refractivity contribution in [2.24, 2.45) is 5.41 Å². The number of Topliss-reactive ketones (excluding diaryl/α,β-unsaturated/α-hetero) is 1. The Kier molecular flexibility index (Phi) is 4.95. The van der Waals surface area contributed by atoms with Crippen molar-refractivity contribution in [1.82, 2.24) is 4.90 Å². The molecule has 0 aromatic heterocycles. The van der Waals surface area contributed by atoms with Gasteiger partial charge in [-0.15, -0.1) is 0 Å². The number of ketones is 1. The minimum atomic E-state index is -0.363. The van der Waals surface area contributed by atoms with E-state index in [9.17, 15) is 4.79 Å². The summed E-state index contributed by atoms with van der Waals surface area (Å²) in [5.74, 6) is 0.223. The lowest BCUT2D eigenvalue weighted by molar-refractivity contribution is 0.0710. The third-order valence-corrected chi connectivity index (χ3v) is 3.89. The Hall–Kier alpha value is -1.19. The Morgan fingerprint density at radius 1 is 1.30 bits per heavy atom. The molecule has 0 N–H and O–H groups in total. The van der Waals surface area contributed by atoms with Crippen LogP contribution >= 0.6 is 0 Å².